The third-order valence-corrected chi connectivity index (χ3v) is 5.59. The van der Waals surface area contributed by atoms with Gasteiger partial charge in [0.25, 0.3) is 5.91 Å². The summed E-state index contributed by atoms with van der Waals surface area (Å²) >= 11 is 0. The van der Waals surface area contributed by atoms with Crippen molar-refractivity contribution < 1.29 is 19.1 Å². The van der Waals surface area contributed by atoms with E-state index in [9.17, 15) is 9.59 Å². The number of aryl methyl sites for hydroxylation is 1. The number of nitrogens with zero attached hydrogens (tertiary/aromatic N) is 2. The van der Waals surface area contributed by atoms with Gasteiger partial charge in [-0.15, -0.1) is 0 Å². The molecule has 0 unspecified atom stereocenters. The molecule has 0 saturated heterocycles. The molecule has 0 spiro atoms. The van der Waals surface area contributed by atoms with E-state index in [-0.39, 0.29) is 11.0 Å². The zero-order chi connectivity index (χ0) is 26.0. The van der Waals surface area contributed by atoms with Crippen LogP contribution in [0.5, 0.6) is 17.2 Å². The number of fused-ring (bicyclic) bond motifs is 1. The number of carbonyl (C=O) groups excluding carboxylic acids is 2. The van der Waals surface area contributed by atoms with Crippen molar-refractivity contribution in [2.45, 2.75) is 33.1 Å². The van der Waals surface area contributed by atoms with Crippen molar-refractivity contribution >= 4 is 34.3 Å². The number of benzene rings is 2. The van der Waals surface area contributed by atoms with Crippen molar-refractivity contribution in [2.24, 2.45) is 5.73 Å². The Kier molecular flexibility index (Phi) is 6.52. The predicted molar refractivity (Wildman–Crippen MR) is 138 cm³/mol. The number of rotatable bonds is 6. The molecule has 0 saturated carbocycles. The lowest BCUT2D eigenvalue weighted by Crippen LogP contribution is -2.20. The van der Waals surface area contributed by atoms with Crippen LogP contribution in [0.2, 0.25) is 0 Å². The smallest absolute Gasteiger partial charge is 0.324 e. The number of aromatic amines is 1. The molecule has 2 heterocycles. The molecule has 0 aliphatic rings. The van der Waals surface area contributed by atoms with Gasteiger partial charge in [-0.25, -0.2) is 4.79 Å². The molecule has 0 fully saturated rings. The van der Waals surface area contributed by atoms with E-state index in [2.05, 4.69) is 46.6 Å². The highest BCUT2D eigenvalue weighted by Crippen LogP contribution is 2.34. The van der Waals surface area contributed by atoms with E-state index in [0.29, 0.717) is 39.7 Å². The molecule has 2 aromatic heterocycles. The molecule has 5 N–H and O–H groups in total. The lowest BCUT2D eigenvalue weighted by atomic mass is 9.92. The second-order valence-electron chi connectivity index (χ2n) is 9.32. The fourth-order valence-corrected chi connectivity index (χ4v) is 3.61. The molecule has 3 amide bonds. The third kappa shape index (κ3) is 5.22. The van der Waals surface area contributed by atoms with Crippen molar-refractivity contribution in [1.82, 2.24) is 15.2 Å². The largest absolute Gasteiger partial charge is 0.496 e. The molecule has 0 bridgehead atoms. The maximum Gasteiger partial charge on any atom is 0.324 e. The number of carbonyl (C=O) groups is 2. The van der Waals surface area contributed by atoms with E-state index < -0.39 is 11.9 Å². The lowest BCUT2D eigenvalue weighted by molar-refractivity contribution is 0.0997. The minimum Gasteiger partial charge on any atom is -0.496 e. The minimum atomic E-state index is -0.613. The molecule has 0 atom stereocenters. The lowest BCUT2D eigenvalue weighted by Gasteiger charge is -2.14. The van der Waals surface area contributed by atoms with Gasteiger partial charge in [-0.3, -0.25) is 20.2 Å². The molecule has 0 aliphatic heterocycles. The van der Waals surface area contributed by atoms with Crippen molar-refractivity contribution in [3.8, 4) is 17.2 Å². The number of nitrogens with one attached hydrogen (secondary N) is 3. The van der Waals surface area contributed by atoms with Crippen LogP contribution in [0, 0.1) is 6.92 Å². The molecule has 0 aliphatic carbocycles. The molecule has 4 aromatic rings. The Morgan fingerprint density at radius 2 is 1.81 bits per heavy atom. The number of urea groups is 1. The highest BCUT2D eigenvalue weighted by Gasteiger charge is 2.18. The van der Waals surface area contributed by atoms with Crippen LogP contribution < -0.4 is 25.8 Å². The van der Waals surface area contributed by atoms with Gasteiger partial charge in [-0.1, -0.05) is 20.8 Å². The monoisotopic (exact) mass is 488 g/mol. The van der Waals surface area contributed by atoms with Gasteiger partial charge < -0.3 is 20.5 Å². The molecular formula is C26H28N6O4. The number of hydrogen-bond donors (Lipinski definition) is 4. The average Bonchev–Trinajstić information content (AvgIpc) is 3.29. The zero-order valence-corrected chi connectivity index (χ0v) is 20.7. The third-order valence-electron chi connectivity index (χ3n) is 5.59. The van der Waals surface area contributed by atoms with Crippen molar-refractivity contribution in [3.63, 3.8) is 0 Å². The summed E-state index contributed by atoms with van der Waals surface area (Å²) in [6.45, 7) is 8.02. The number of pyridine rings is 1. The first-order valence-corrected chi connectivity index (χ1v) is 11.2. The van der Waals surface area contributed by atoms with Crippen LogP contribution >= 0.6 is 0 Å². The van der Waals surface area contributed by atoms with Crippen molar-refractivity contribution in [1.29, 1.82) is 0 Å². The highest BCUT2D eigenvalue weighted by molar-refractivity contribution is 6.01. The number of hydrogen-bond acceptors (Lipinski definition) is 6. The fourth-order valence-electron chi connectivity index (χ4n) is 3.61. The number of amides is 3. The number of ether oxygens (including phenoxy) is 2. The Morgan fingerprint density at radius 3 is 2.44 bits per heavy atom. The maximum atomic E-state index is 12.5. The van der Waals surface area contributed by atoms with Gasteiger partial charge in [0.2, 0.25) is 0 Å². The number of H-pyrrole nitrogens is 1. The molecule has 0 radical (unpaired) electrons. The summed E-state index contributed by atoms with van der Waals surface area (Å²) < 4.78 is 11.4. The van der Waals surface area contributed by atoms with Crippen LogP contribution in [-0.4, -0.2) is 34.2 Å². The quantitative estimate of drug-likeness (QED) is 0.297. The molecule has 36 heavy (non-hydrogen) atoms. The second-order valence-corrected chi connectivity index (χ2v) is 9.32. The minimum absolute atomic E-state index is 0.108. The van der Waals surface area contributed by atoms with E-state index >= 15 is 0 Å². The Morgan fingerprint density at radius 1 is 1.03 bits per heavy atom. The summed E-state index contributed by atoms with van der Waals surface area (Å²) in [4.78, 5) is 28.7. The van der Waals surface area contributed by atoms with Gasteiger partial charge in [0, 0.05) is 40.5 Å². The van der Waals surface area contributed by atoms with Gasteiger partial charge in [-0.05, 0) is 42.8 Å². The van der Waals surface area contributed by atoms with Crippen molar-refractivity contribution in [2.75, 3.05) is 17.7 Å². The number of methoxy groups -OCH3 is 1. The number of anilines is 2. The van der Waals surface area contributed by atoms with E-state index in [4.69, 9.17) is 15.2 Å². The molecule has 10 heteroatoms. The average molecular weight is 489 g/mol. The Bertz CT molecular complexity index is 1450. The van der Waals surface area contributed by atoms with E-state index in [1.54, 1.807) is 42.6 Å². The van der Waals surface area contributed by atoms with Crippen LogP contribution in [0.1, 0.15) is 42.4 Å². The van der Waals surface area contributed by atoms with E-state index in [1.807, 2.05) is 13.0 Å². The summed E-state index contributed by atoms with van der Waals surface area (Å²) in [6, 6.07) is 11.6. The van der Waals surface area contributed by atoms with Crippen LogP contribution in [-0.2, 0) is 5.41 Å². The van der Waals surface area contributed by atoms with Gasteiger partial charge >= 0.3 is 6.03 Å². The van der Waals surface area contributed by atoms with Crippen LogP contribution in [0.15, 0.2) is 48.7 Å². The molecule has 4 rings (SSSR count). The molecular weight excluding hydrogens is 460 g/mol. The standard InChI is InChI=1S/C26H28N6O4/c1-14-10-15(6-7-18(14)29-25(34)30-23-13-22(31-32-23)26(2,3)4)36-20-8-9-28-19-12-21(35-5)17(24(27)33)11-16(19)20/h6-13H,1-5H3,(H2,27,33)(H3,29,30,31,32,34). The fraction of sp³-hybridized carbons (Fsp3) is 0.231. The highest BCUT2D eigenvalue weighted by atomic mass is 16.5. The molecule has 2 aromatic carbocycles. The van der Waals surface area contributed by atoms with Gasteiger partial charge in [0.15, 0.2) is 5.82 Å². The Balaban J connectivity index is 1.51. The predicted octanol–water partition coefficient (Wildman–Crippen LogP) is 5.11. The number of nitrogens with two attached hydrogens (primary N) is 1. The summed E-state index contributed by atoms with van der Waals surface area (Å²) in [5.41, 5.74) is 8.54. The van der Waals surface area contributed by atoms with Crippen molar-refractivity contribution in [3.05, 3.63) is 65.5 Å². The number of aromatic nitrogens is 3. The first-order valence-electron chi connectivity index (χ1n) is 11.2. The SMILES string of the molecule is COc1cc2nccc(Oc3ccc(NC(=O)Nc4cc(C(C)(C)C)[nH]n4)c(C)c3)c2cc1C(N)=O. The summed E-state index contributed by atoms with van der Waals surface area (Å²) in [7, 11) is 1.46. The topological polar surface area (TPSA) is 144 Å². The van der Waals surface area contributed by atoms with E-state index in [0.717, 1.165) is 11.3 Å². The zero-order valence-electron chi connectivity index (χ0n) is 20.7. The summed E-state index contributed by atoms with van der Waals surface area (Å²) in [6.07, 6.45) is 1.61. The van der Waals surface area contributed by atoms with Gasteiger partial charge in [0.05, 0.1) is 18.2 Å². The van der Waals surface area contributed by atoms with Crippen LogP contribution in [0.25, 0.3) is 10.9 Å². The molecule has 10 nitrogen and oxygen atoms in total. The first-order chi connectivity index (χ1) is 17.0. The number of primary amides is 1. The summed E-state index contributed by atoms with van der Waals surface area (Å²) in [5, 5.41) is 13.2. The van der Waals surface area contributed by atoms with Gasteiger partial charge in [-0.2, -0.15) is 5.10 Å². The van der Waals surface area contributed by atoms with Crippen LogP contribution in [0.4, 0.5) is 16.3 Å². The molecule has 186 valence electrons. The van der Waals surface area contributed by atoms with Crippen LogP contribution in [0.3, 0.4) is 0 Å². The Hall–Kier alpha value is -4.60. The second kappa shape index (κ2) is 9.57. The summed E-state index contributed by atoms with van der Waals surface area (Å²) in [5.74, 6) is 1.21. The maximum absolute atomic E-state index is 12.5. The normalized spacial score (nSPS) is 11.2. The first kappa shape index (κ1) is 24.5. The van der Waals surface area contributed by atoms with Gasteiger partial charge in [0.1, 0.15) is 17.2 Å². The Labute approximate surface area is 208 Å². The van der Waals surface area contributed by atoms with E-state index in [1.165, 1.54) is 7.11 Å².